The van der Waals surface area contributed by atoms with Crippen molar-refractivity contribution in [1.82, 2.24) is 4.98 Å². The Balaban J connectivity index is 2.25. The van der Waals surface area contributed by atoms with Crippen LogP contribution in [0, 0.1) is 5.82 Å². The fourth-order valence-electron chi connectivity index (χ4n) is 2.02. The fourth-order valence-corrected chi connectivity index (χ4v) is 2.02. The monoisotopic (exact) mass is 239 g/mol. The van der Waals surface area contributed by atoms with E-state index in [-0.39, 0.29) is 11.2 Å². The van der Waals surface area contributed by atoms with E-state index >= 15 is 0 Å². The highest BCUT2D eigenvalue weighted by molar-refractivity contribution is 5.84. The molecule has 3 rings (SSSR count). The van der Waals surface area contributed by atoms with Crippen LogP contribution in [-0.4, -0.2) is 4.98 Å². The smallest absolute Gasteiger partial charge is 0.189 e. The summed E-state index contributed by atoms with van der Waals surface area (Å²) in [5.41, 5.74) is 2.34. The number of aromatic nitrogens is 1. The second-order valence-corrected chi connectivity index (χ2v) is 4.11. The summed E-state index contributed by atoms with van der Waals surface area (Å²) in [6.45, 7) is 0. The van der Waals surface area contributed by atoms with Crippen LogP contribution in [0.4, 0.5) is 4.39 Å². The molecule has 0 bridgehead atoms. The van der Waals surface area contributed by atoms with Crippen LogP contribution in [0.25, 0.3) is 22.0 Å². The molecule has 18 heavy (non-hydrogen) atoms. The summed E-state index contributed by atoms with van der Waals surface area (Å²) in [5, 5.41) is 0.610. The summed E-state index contributed by atoms with van der Waals surface area (Å²) in [4.78, 5) is 14.7. The largest absolute Gasteiger partial charge is 0.361 e. The molecule has 2 nitrogen and oxygen atoms in total. The van der Waals surface area contributed by atoms with E-state index < -0.39 is 0 Å². The van der Waals surface area contributed by atoms with Crippen LogP contribution in [0.2, 0.25) is 0 Å². The minimum Gasteiger partial charge on any atom is -0.361 e. The van der Waals surface area contributed by atoms with E-state index in [0.717, 1.165) is 16.6 Å². The standard InChI is InChI=1S/C15H10FNO/c16-12-3-1-2-10(8-12)11-4-5-14-13(9-11)15(18)6-7-17-14/h1-9H,(H,17,18). The molecule has 1 heterocycles. The summed E-state index contributed by atoms with van der Waals surface area (Å²) in [7, 11) is 0. The Bertz CT molecular complexity index is 777. The molecule has 0 aliphatic carbocycles. The van der Waals surface area contributed by atoms with Crippen LogP contribution in [0.5, 0.6) is 0 Å². The van der Waals surface area contributed by atoms with Gasteiger partial charge in [0.2, 0.25) is 0 Å². The number of hydrogen-bond acceptors (Lipinski definition) is 1. The molecule has 0 unspecified atom stereocenters. The van der Waals surface area contributed by atoms with Crippen LogP contribution in [-0.2, 0) is 0 Å². The van der Waals surface area contributed by atoms with Gasteiger partial charge in [-0.05, 0) is 35.4 Å². The molecular formula is C15H10FNO. The summed E-state index contributed by atoms with van der Waals surface area (Å²) in [6, 6.07) is 13.3. The van der Waals surface area contributed by atoms with Crippen LogP contribution in [0.1, 0.15) is 0 Å². The normalized spacial score (nSPS) is 10.7. The molecular weight excluding hydrogens is 229 g/mol. The van der Waals surface area contributed by atoms with Gasteiger partial charge in [-0.15, -0.1) is 0 Å². The third kappa shape index (κ3) is 1.80. The third-order valence-electron chi connectivity index (χ3n) is 2.92. The Kier molecular flexibility index (Phi) is 2.45. The van der Waals surface area contributed by atoms with Crippen molar-refractivity contribution >= 4 is 10.9 Å². The molecule has 0 radical (unpaired) electrons. The topological polar surface area (TPSA) is 32.9 Å². The number of pyridine rings is 1. The Hall–Kier alpha value is -2.42. The Morgan fingerprint density at radius 1 is 0.944 bits per heavy atom. The number of hydrogen-bond donors (Lipinski definition) is 1. The number of aromatic amines is 1. The van der Waals surface area contributed by atoms with Gasteiger partial charge in [-0.3, -0.25) is 4.79 Å². The maximum Gasteiger partial charge on any atom is 0.189 e. The van der Waals surface area contributed by atoms with E-state index in [2.05, 4.69) is 4.98 Å². The minimum absolute atomic E-state index is 0.0398. The zero-order valence-electron chi connectivity index (χ0n) is 9.48. The third-order valence-corrected chi connectivity index (χ3v) is 2.92. The second-order valence-electron chi connectivity index (χ2n) is 4.11. The number of H-pyrrole nitrogens is 1. The van der Waals surface area contributed by atoms with Gasteiger partial charge in [0.25, 0.3) is 0 Å². The van der Waals surface area contributed by atoms with E-state index in [1.165, 1.54) is 18.2 Å². The lowest BCUT2D eigenvalue weighted by atomic mass is 10.0. The lowest BCUT2D eigenvalue weighted by molar-refractivity contribution is 0.628. The van der Waals surface area contributed by atoms with Crippen molar-refractivity contribution in [3.05, 3.63) is 70.8 Å². The van der Waals surface area contributed by atoms with Crippen LogP contribution >= 0.6 is 0 Å². The highest BCUT2D eigenvalue weighted by atomic mass is 19.1. The summed E-state index contributed by atoms with van der Waals surface area (Å²) >= 11 is 0. The van der Waals surface area contributed by atoms with Gasteiger partial charge in [0.1, 0.15) is 5.82 Å². The number of rotatable bonds is 1. The fraction of sp³-hybridized carbons (Fsp3) is 0. The SMILES string of the molecule is O=c1cc[nH]c2ccc(-c3cccc(F)c3)cc12. The van der Waals surface area contributed by atoms with Crippen molar-refractivity contribution in [1.29, 1.82) is 0 Å². The first-order valence-electron chi connectivity index (χ1n) is 5.61. The predicted molar refractivity (Wildman–Crippen MR) is 70.0 cm³/mol. The van der Waals surface area contributed by atoms with Gasteiger partial charge in [-0.1, -0.05) is 18.2 Å². The molecule has 0 aliphatic heterocycles. The van der Waals surface area contributed by atoms with E-state index in [1.54, 1.807) is 18.3 Å². The highest BCUT2D eigenvalue weighted by Gasteiger charge is 2.03. The molecule has 0 aliphatic rings. The van der Waals surface area contributed by atoms with Crippen molar-refractivity contribution in [3.63, 3.8) is 0 Å². The van der Waals surface area contributed by atoms with E-state index in [4.69, 9.17) is 0 Å². The molecule has 0 saturated heterocycles. The van der Waals surface area contributed by atoms with E-state index in [1.807, 2.05) is 18.2 Å². The van der Waals surface area contributed by atoms with Crippen molar-refractivity contribution in [2.45, 2.75) is 0 Å². The number of fused-ring (bicyclic) bond motifs is 1. The van der Waals surface area contributed by atoms with Crippen LogP contribution in [0.15, 0.2) is 59.5 Å². The zero-order chi connectivity index (χ0) is 12.5. The highest BCUT2D eigenvalue weighted by Crippen LogP contribution is 2.22. The lowest BCUT2D eigenvalue weighted by Gasteiger charge is -2.03. The van der Waals surface area contributed by atoms with Gasteiger partial charge >= 0.3 is 0 Å². The van der Waals surface area contributed by atoms with Crippen molar-refractivity contribution in [2.24, 2.45) is 0 Å². The molecule has 3 heteroatoms. The molecule has 88 valence electrons. The Morgan fingerprint density at radius 3 is 2.61 bits per heavy atom. The van der Waals surface area contributed by atoms with E-state index in [9.17, 15) is 9.18 Å². The number of nitrogens with one attached hydrogen (secondary N) is 1. The maximum absolute atomic E-state index is 13.2. The average molecular weight is 239 g/mol. The summed E-state index contributed by atoms with van der Waals surface area (Å²) in [6.07, 6.45) is 1.62. The zero-order valence-corrected chi connectivity index (χ0v) is 9.48. The van der Waals surface area contributed by atoms with E-state index in [0.29, 0.717) is 5.39 Å². The molecule has 0 amide bonds. The van der Waals surface area contributed by atoms with Crippen LogP contribution < -0.4 is 5.43 Å². The average Bonchev–Trinajstić information content (AvgIpc) is 2.39. The van der Waals surface area contributed by atoms with Gasteiger partial charge < -0.3 is 4.98 Å². The van der Waals surface area contributed by atoms with Crippen molar-refractivity contribution < 1.29 is 4.39 Å². The Labute approximate surface area is 103 Å². The van der Waals surface area contributed by atoms with Gasteiger partial charge in [-0.25, -0.2) is 4.39 Å². The first kappa shape index (κ1) is 10.7. The van der Waals surface area contributed by atoms with Gasteiger partial charge in [0.15, 0.2) is 5.43 Å². The molecule has 0 saturated carbocycles. The lowest BCUT2D eigenvalue weighted by Crippen LogP contribution is -1.99. The number of halogens is 1. The molecule has 1 aromatic heterocycles. The summed E-state index contributed by atoms with van der Waals surface area (Å²) in [5.74, 6) is -0.283. The predicted octanol–water partition coefficient (Wildman–Crippen LogP) is 3.33. The molecule has 3 aromatic rings. The van der Waals surface area contributed by atoms with Crippen molar-refractivity contribution in [3.8, 4) is 11.1 Å². The Morgan fingerprint density at radius 2 is 1.78 bits per heavy atom. The quantitative estimate of drug-likeness (QED) is 0.694. The molecule has 0 spiro atoms. The molecule has 0 atom stereocenters. The first-order valence-corrected chi connectivity index (χ1v) is 5.61. The minimum atomic E-state index is -0.283. The maximum atomic E-state index is 13.2. The second kappa shape index (κ2) is 4.11. The van der Waals surface area contributed by atoms with Gasteiger partial charge in [-0.2, -0.15) is 0 Å². The molecule has 2 aromatic carbocycles. The first-order chi connectivity index (χ1) is 8.74. The molecule has 0 fully saturated rings. The van der Waals surface area contributed by atoms with Gasteiger partial charge in [0.05, 0.1) is 0 Å². The number of benzene rings is 2. The van der Waals surface area contributed by atoms with Crippen molar-refractivity contribution in [2.75, 3.05) is 0 Å². The van der Waals surface area contributed by atoms with Crippen LogP contribution in [0.3, 0.4) is 0 Å². The molecule has 1 N–H and O–H groups in total. The van der Waals surface area contributed by atoms with Gasteiger partial charge in [0, 0.05) is 23.2 Å². The summed E-state index contributed by atoms with van der Waals surface area (Å²) < 4.78 is 13.2.